The van der Waals surface area contributed by atoms with Crippen molar-refractivity contribution in [3.63, 3.8) is 0 Å². The Morgan fingerprint density at radius 1 is 1.07 bits per heavy atom. The lowest BCUT2D eigenvalue weighted by molar-refractivity contribution is -0.254. The molecular weight excluding hydrogens is 364 g/mol. The van der Waals surface area contributed by atoms with E-state index in [2.05, 4.69) is 10.3 Å². The van der Waals surface area contributed by atoms with Crippen molar-refractivity contribution in [2.24, 2.45) is 4.99 Å². The average molecular weight is 385 g/mol. The van der Waals surface area contributed by atoms with Gasteiger partial charge in [0.15, 0.2) is 0 Å². The Balaban J connectivity index is 2.13. The van der Waals surface area contributed by atoms with E-state index in [4.69, 9.17) is 4.42 Å². The highest BCUT2D eigenvalue weighted by atomic mass is 16.4. The first-order chi connectivity index (χ1) is 14.1. The van der Waals surface area contributed by atoms with Crippen LogP contribution in [0.25, 0.3) is 33.4 Å². The Morgan fingerprint density at radius 2 is 1.90 bits per heavy atom. The number of nitrogens with one attached hydrogen (secondary N) is 1. The van der Waals surface area contributed by atoms with Gasteiger partial charge in [0.05, 0.1) is 11.3 Å². The molecule has 0 unspecified atom stereocenters. The van der Waals surface area contributed by atoms with E-state index in [9.17, 15) is 9.90 Å². The average Bonchev–Trinajstić information content (AvgIpc) is 2.72. The lowest BCUT2D eigenvalue weighted by atomic mass is 9.90. The van der Waals surface area contributed by atoms with Gasteiger partial charge in [-0.1, -0.05) is 36.4 Å². The molecule has 5 nitrogen and oxygen atoms in total. The van der Waals surface area contributed by atoms with Gasteiger partial charge in [-0.25, -0.2) is 0 Å². The van der Waals surface area contributed by atoms with Crippen LogP contribution in [0.4, 0.5) is 0 Å². The van der Waals surface area contributed by atoms with E-state index < -0.39 is 5.97 Å². The van der Waals surface area contributed by atoms with Crippen LogP contribution in [0.15, 0.2) is 70.1 Å². The Hall–Kier alpha value is -3.44. The molecule has 1 aliphatic heterocycles. The quantitative estimate of drug-likeness (QED) is 0.535. The van der Waals surface area contributed by atoms with Crippen LogP contribution in [0.3, 0.4) is 0 Å². The highest BCUT2D eigenvalue weighted by Crippen LogP contribution is 2.41. The number of nitrogens with zero attached hydrogens (tertiary/aromatic N) is 1. The second kappa shape index (κ2) is 7.89. The Bertz CT molecular complexity index is 1240. The summed E-state index contributed by atoms with van der Waals surface area (Å²) in [6.07, 6.45) is 0. The normalized spacial score (nSPS) is 12.0. The van der Waals surface area contributed by atoms with Crippen LogP contribution >= 0.6 is 0 Å². The second-order valence-corrected chi connectivity index (χ2v) is 6.83. The number of aromatic carboxylic acids is 1. The number of carbonyl (C=O) groups excluding carboxylic acids is 1. The number of carbonyl (C=O) groups is 1. The minimum absolute atomic E-state index is 0.155. The molecule has 29 heavy (non-hydrogen) atoms. The molecule has 0 fully saturated rings. The molecule has 1 heterocycles. The number of hydrogen-bond donors (Lipinski definition) is 1. The molecule has 0 radical (unpaired) electrons. The van der Waals surface area contributed by atoms with Gasteiger partial charge in [-0.3, -0.25) is 4.99 Å². The van der Waals surface area contributed by atoms with E-state index >= 15 is 0 Å². The van der Waals surface area contributed by atoms with Crippen LogP contribution in [-0.4, -0.2) is 19.6 Å². The summed E-state index contributed by atoms with van der Waals surface area (Å²) in [4.78, 5) is 16.2. The third-order valence-electron chi connectivity index (χ3n) is 4.91. The maximum atomic E-state index is 11.8. The summed E-state index contributed by atoms with van der Waals surface area (Å²) < 4.78 is 6.23. The van der Waals surface area contributed by atoms with Crippen LogP contribution < -0.4 is 15.8 Å². The number of benzene rings is 3. The van der Waals surface area contributed by atoms with E-state index in [1.807, 2.05) is 62.5 Å². The fourth-order valence-electron chi connectivity index (χ4n) is 3.69. The molecule has 4 rings (SSSR count). The van der Waals surface area contributed by atoms with Gasteiger partial charge in [-0.2, -0.15) is 0 Å². The molecule has 0 amide bonds. The summed E-state index contributed by atoms with van der Waals surface area (Å²) in [6.45, 7) is 3.36. The zero-order valence-corrected chi connectivity index (χ0v) is 16.4. The van der Waals surface area contributed by atoms with E-state index in [0.29, 0.717) is 30.0 Å². The summed E-state index contributed by atoms with van der Waals surface area (Å²) in [5.74, 6) is -0.538. The van der Waals surface area contributed by atoms with Crippen LogP contribution in [0.2, 0.25) is 0 Å². The molecule has 2 aliphatic rings. The van der Waals surface area contributed by atoms with E-state index in [1.165, 1.54) is 0 Å². The molecule has 1 N–H and O–H groups in total. The molecule has 0 spiro atoms. The molecule has 2 aromatic carbocycles. The van der Waals surface area contributed by atoms with Crippen molar-refractivity contribution in [3.05, 3.63) is 77.1 Å². The molecule has 0 bridgehead atoms. The lowest BCUT2D eigenvalue weighted by Gasteiger charge is -2.18. The number of hydrogen-bond acceptors (Lipinski definition) is 5. The first kappa shape index (κ1) is 18.9. The minimum atomic E-state index is -1.20. The van der Waals surface area contributed by atoms with Gasteiger partial charge in [0.1, 0.15) is 11.3 Å². The van der Waals surface area contributed by atoms with Crippen LogP contribution in [-0.2, 0) is 6.54 Å². The molecule has 5 heteroatoms. The highest BCUT2D eigenvalue weighted by molar-refractivity contribution is 6.07. The third-order valence-corrected chi connectivity index (χ3v) is 4.91. The van der Waals surface area contributed by atoms with Crippen molar-refractivity contribution >= 4 is 16.9 Å². The maximum absolute atomic E-state index is 11.8. The molecule has 1 aliphatic carbocycles. The van der Waals surface area contributed by atoms with Gasteiger partial charge >= 0.3 is 0 Å². The van der Waals surface area contributed by atoms with Gasteiger partial charge in [0, 0.05) is 41.2 Å². The molecule has 0 atom stereocenters. The molecule has 146 valence electrons. The number of rotatable bonds is 5. The number of fused-ring (bicyclic) bond motifs is 2. The standard InChI is InChI=1S/C24H22N2O3/c1-3-26-16-9-11-20-22(13-16)29-21-12-15(14-25-2)8-10-19(21)23(20)17-6-4-5-7-18(17)24(27)28/h4-13,25H,3,14H2,1-2H3,(H,27,28)/p-1. The maximum Gasteiger partial charge on any atom is 0.137 e. The van der Waals surface area contributed by atoms with Crippen molar-refractivity contribution in [2.75, 3.05) is 13.6 Å². The summed E-state index contributed by atoms with van der Waals surface area (Å²) >= 11 is 0. The predicted molar refractivity (Wildman–Crippen MR) is 111 cm³/mol. The first-order valence-electron chi connectivity index (χ1n) is 9.57. The number of carboxylic acid groups (broad SMARTS) is 1. The molecule has 0 saturated carbocycles. The largest absolute Gasteiger partial charge is 0.545 e. The van der Waals surface area contributed by atoms with Crippen molar-refractivity contribution in [1.29, 1.82) is 0 Å². The summed E-state index contributed by atoms with van der Waals surface area (Å²) in [5.41, 5.74) is 4.20. The zero-order chi connectivity index (χ0) is 20.4. The van der Waals surface area contributed by atoms with Gasteiger partial charge in [0.25, 0.3) is 0 Å². The highest BCUT2D eigenvalue weighted by Gasteiger charge is 2.19. The molecular formula is C24H21N2O3-. The first-order valence-corrected chi connectivity index (χ1v) is 9.57. The van der Waals surface area contributed by atoms with Crippen molar-refractivity contribution < 1.29 is 14.3 Å². The van der Waals surface area contributed by atoms with E-state index in [-0.39, 0.29) is 5.56 Å². The van der Waals surface area contributed by atoms with Gasteiger partial charge < -0.3 is 19.6 Å². The van der Waals surface area contributed by atoms with Crippen molar-refractivity contribution in [1.82, 2.24) is 5.32 Å². The minimum Gasteiger partial charge on any atom is -0.545 e. The molecule has 2 aromatic rings. The van der Waals surface area contributed by atoms with E-state index in [1.54, 1.807) is 12.1 Å². The number of carboxylic acids is 1. The van der Waals surface area contributed by atoms with Crippen LogP contribution in [0.5, 0.6) is 0 Å². The lowest BCUT2D eigenvalue weighted by Crippen LogP contribution is -2.23. The summed E-state index contributed by atoms with van der Waals surface area (Å²) in [7, 11) is 1.89. The Morgan fingerprint density at radius 3 is 2.66 bits per heavy atom. The molecule has 0 aromatic heterocycles. The van der Waals surface area contributed by atoms with Gasteiger partial charge in [-0.05, 0) is 43.3 Å². The SMILES string of the molecule is CCN=c1ccc2c(-c3ccccc3C(=O)[O-])c3ccc(CNC)cc3oc-2c1. The van der Waals surface area contributed by atoms with Gasteiger partial charge in [-0.15, -0.1) is 0 Å². The van der Waals surface area contributed by atoms with Crippen LogP contribution in [0.1, 0.15) is 22.8 Å². The van der Waals surface area contributed by atoms with Crippen molar-refractivity contribution in [3.8, 4) is 22.5 Å². The fourth-order valence-corrected chi connectivity index (χ4v) is 3.69. The molecule has 0 saturated heterocycles. The predicted octanol–water partition coefficient (Wildman–Crippen LogP) is 3.21. The topological polar surface area (TPSA) is 77.7 Å². The van der Waals surface area contributed by atoms with E-state index in [0.717, 1.165) is 27.4 Å². The second-order valence-electron chi connectivity index (χ2n) is 6.83. The Labute approximate surface area is 168 Å². The summed E-state index contributed by atoms with van der Waals surface area (Å²) in [6, 6.07) is 18.7. The monoisotopic (exact) mass is 385 g/mol. The Kier molecular flexibility index (Phi) is 5.14. The van der Waals surface area contributed by atoms with Crippen molar-refractivity contribution in [2.45, 2.75) is 13.5 Å². The zero-order valence-electron chi connectivity index (χ0n) is 16.4. The third kappa shape index (κ3) is 3.52. The fraction of sp³-hybridized carbons (Fsp3) is 0.167. The summed E-state index contributed by atoms with van der Waals surface area (Å²) in [5, 5.41) is 16.6. The van der Waals surface area contributed by atoms with Gasteiger partial charge in [0.2, 0.25) is 0 Å². The van der Waals surface area contributed by atoms with Crippen LogP contribution in [0, 0.1) is 0 Å². The smallest absolute Gasteiger partial charge is 0.137 e.